The fourth-order valence-electron chi connectivity index (χ4n) is 0.871. The lowest BCUT2D eigenvalue weighted by Gasteiger charge is -2.00. The van der Waals surface area contributed by atoms with E-state index in [0.717, 1.165) is 18.8 Å². The predicted molar refractivity (Wildman–Crippen MR) is 44.9 cm³/mol. The second kappa shape index (κ2) is 3.62. The van der Waals surface area contributed by atoms with E-state index in [-0.39, 0.29) is 0 Å². The second-order valence-electron chi connectivity index (χ2n) is 1.99. The molecular formula is C8H12OS. The number of thiophene rings is 1. The van der Waals surface area contributed by atoms with Crippen LogP contribution in [0.3, 0.4) is 0 Å². The maximum absolute atomic E-state index is 5.38. The van der Waals surface area contributed by atoms with Gasteiger partial charge in [-0.25, -0.2) is 0 Å². The van der Waals surface area contributed by atoms with Crippen LogP contribution in [-0.2, 0) is 6.42 Å². The third-order valence-electron chi connectivity index (χ3n) is 1.33. The summed E-state index contributed by atoms with van der Waals surface area (Å²) in [5, 5.41) is 2.07. The van der Waals surface area contributed by atoms with E-state index >= 15 is 0 Å². The van der Waals surface area contributed by atoms with Gasteiger partial charge >= 0.3 is 0 Å². The highest BCUT2D eigenvalue weighted by Crippen LogP contribution is 2.24. The Morgan fingerprint density at radius 3 is 2.90 bits per heavy atom. The molecule has 1 rings (SSSR count). The van der Waals surface area contributed by atoms with Gasteiger partial charge in [-0.3, -0.25) is 0 Å². The van der Waals surface area contributed by atoms with E-state index in [2.05, 4.69) is 12.3 Å². The van der Waals surface area contributed by atoms with Crippen molar-refractivity contribution < 1.29 is 4.74 Å². The number of hydrogen-bond acceptors (Lipinski definition) is 2. The Morgan fingerprint density at radius 2 is 2.30 bits per heavy atom. The summed E-state index contributed by atoms with van der Waals surface area (Å²) in [4.78, 5) is 1.35. The molecule has 2 heteroatoms. The van der Waals surface area contributed by atoms with Crippen LogP contribution >= 0.6 is 11.3 Å². The standard InChI is InChI=1S/C8H12OS/c1-3-8-7(9-4-2)5-6-10-8/h5-6H,3-4H2,1-2H3. The molecule has 0 bridgehead atoms. The Hall–Kier alpha value is -0.500. The topological polar surface area (TPSA) is 9.23 Å². The Labute approximate surface area is 65.6 Å². The number of rotatable bonds is 3. The lowest BCUT2D eigenvalue weighted by Crippen LogP contribution is -1.91. The fraction of sp³-hybridized carbons (Fsp3) is 0.500. The highest BCUT2D eigenvalue weighted by molar-refractivity contribution is 7.10. The van der Waals surface area contributed by atoms with Crippen molar-refractivity contribution in [2.75, 3.05) is 6.61 Å². The summed E-state index contributed by atoms with van der Waals surface area (Å²) in [6.07, 6.45) is 1.08. The average Bonchev–Trinajstić information content (AvgIpc) is 2.36. The molecule has 0 spiro atoms. The SMILES string of the molecule is CCOc1ccsc1CC. The molecule has 0 atom stereocenters. The molecule has 10 heavy (non-hydrogen) atoms. The summed E-state index contributed by atoms with van der Waals surface area (Å²) in [6, 6.07) is 2.03. The molecule has 0 radical (unpaired) electrons. The monoisotopic (exact) mass is 156 g/mol. The summed E-state index contributed by atoms with van der Waals surface area (Å²) in [5.74, 6) is 1.06. The summed E-state index contributed by atoms with van der Waals surface area (Å²) in [5.41, 5.74) is 0. The lowest BCUT2D eigenvalue weighted by molar-refractivity contribution is 0.339. The van der Waals surface area contributed by atoms with Gasteiger partial charge in [-0.1, -0.05) is 6.92 Å². The van der Waals surface area contributed by atoms with Gasteiger partial charge in [-0.2, -0.15) is 0 Å². The molecule has 0 aliphatic heterocycles. The van der Waals surface area contributed by atoms with E-state index in [1.807, 2.05) is 13.0 Å². The van der Waals surface area contributed by atoms with Gasteiger partial charge in [0.2, 0.25) is 0 Å². The third-order valence-corrected chi connectivity index (χ3v) is 2.37. The maximum Gasteiger partial charge on any atom is 0.133 e. The highest BCUT2D eigenvalue weighted by Gasteiger charge is 2.00. The molecule has 0 unspecified atom stereocenters. The minimum absolute atomic E-state index is 0.768. The van der Waals surface area contributed by atoms with Crippen LogP contribution in [0.1, 0.15) is 18.7 Å². The first kappa shape index (κ1) is 7.61. The van der Waals surface area contributed by atoms with Crippen LogP contribution in [0.4, 0.5) is 0 Å². The van der Waals surface area contributed by atoms with Gasteiger partial charge in [-0.15, -0.1) is 11.3 Å². The molecule has 0 saturated carbocycles. The molecule has 56 valence electrons. The minimum atomic E-state index is 0.768. The van der Waals surface area contributed by atoms with Gasteiger partial charge in [-0.05, 0) is 24.8 Å². The van der Waals surface area contributed by atoms with Gasteiger partial charge in [0.05, 0.1) is 6.61 Å². The van der Waals surface area contributed by atoms with E-state index in [4.69, 9.17) is 4.74 Å². The normalized spacial score (nSPS) is 9.80. The Kier molecular flexibility index (Phi) is 2.75. The van der Waals surface area contributed by atoms with Crippen LogP contribution in [-0.4, -0.2) is 6.61 Å². The van der Waals surface area contributed by atoms with Crippen LogP contribution in [0.15, 0.2) is 11.4 Å². The van der Waals surface area contributed by atoms with Crippen molar-refractivity contribution in [3.63, 3.8) is 0 Å². The number of ether oxygens (including phenoxy) is 1. The largest absolute Gasteiger partial charge is 0.493 e. The quantitative estimate of drug-likeness (QED) is 0.653. The molecule has 0 aliphatic rings. The highest BCUT2D eigenvalue weighted by atomic mass is 32.1. The van der Waals surface area contributed by atoms with Crippen molar-refractivity contribution in [1.29, 1.82) is 0 Å². The van der Waals surface area contributed by atoms with E-state index in [0.29, 0.717) is 0 Å². The molecule has 0 saturated heterocycles. The van der Waals surface area contributed by atoms with Gasteiger partial charge in [0.1, 0.15) is 5.75 Å². The smallest absolute Gasteiger partial charge is 0.133 e. The van der Waals surface area contributed by atoms with Crippen molar-refractivity contribution in [2.45, 2.75) is 20.3 Å². The zero-order valence-corrected chi connectivity index (χ0v) is 7.20. The van der Waals surface area contributed by atoms with Crippen LogP contribution in [0.2, 0.25) is 0 Å². The predicted octanol–water partition coefficient (Wildman–Crippen LogP) is 2.71. The van der Waals surface area contributed by atoms with Crippen molar-refractivity contribution >= 4 is 11.3 Å². The molecule has 1 heterocycles. The summed E-state index contributed by atoms with van der Waals surface area (Å²) in [7, 11) is 0. The zero-order valence-electron chi connectivity index (χ0n) is 6.39. The van der Waals surface area contributed by atoms with Crippen LogP contribution in [0.5, 0.6) is 5.75 Å². The van der Waals surface area contributed by atoms with Gasteiger partial charge in [0.15, 0.2) is 0 Å². The molecular weight excluding hydrogens is 144 g/mol. The van der Waals surface area contributed by atoms with Crippen molar-refractivity contribution in [2.24, 2.45) is 0 Å². The second-order valence-corrected chi connectivity index (χ2v) is 3.00. The molecule has 1 aromatic rings. The van der Waals surface area contributed by atoms with Crippen molar-refractivity contribution in [1.82, 2.24) is 0 Å². The van der Waals surface area contributed by atoms with E-state index in [1.54, 1.807) is 11.3 Å². The van der Waals surface area contributed by atoms with Crippen LogP contribution < -0.4 is 4.74 Å². The first-order chi connectivity index (χ1) is 4.88. The first-order valence-electron chi connectivity index (χ1n) is 3.57. The van der Waals surface area contributed by atoms with E-state index in [1.165, 1.54) is 4.88 Å². The number of hydrogen-bond donors (Lipinski definition) is 0. The summed E-state index contributed by atoms with van der Waals surface area (Å²) < 4.78 is 5.38. The first-order valence-corrected chi connectivity index (χ1v) is 4.45. The van der Waals surface area contributed by atoms with Crippen LogP contribution in [0, 0.1) is 0 Å². The molecule has 0 aromatic carbocycles. The average molecular weight is 156 g/mol. The molecule has 0 N–H and O–H groups in total. The minimum Gasteiger partial charge on any atom is -0.493 e. The van der Waals surface area contributed by atoms with Gasteiger partial charge < -0.3 is 4.74 Å². The summed E-state index contributed by atoms with van der Waals surface area (Å²) in [6.45, 7) is 4.93. The van der Waals surface area contributed by atoms with Crippen molar-refractivity contribution in [3.8, 4) is 5.75 Å². The lowest BCUT2D eigenvalue weighted by atomic mass is 10.3. The molecule has 1 aromatic heterocycles. The number of aryl methyl sites for hydroxylation is 1. The summed E-state index contributed by atoms with van der Waals surface area (Å²) >= 11 is 1.76. The third kappa shape index (κ3) is 1.51. The van der Waals surface area contributed by atoms with Gasteiger partial charge in [0, 0.05) is 4.88 Å². The molecule has 0 amide bonds. The van der Waals surface area contributed by atoms with E-state index in [9.17, 15) is 0 Å². The van der Waals surface area contributed by atoms with Crippen molar-refractivity contribution in [3.05, 3.63) is 16.3 Å². The Bertz CT molecular complexity index is 193. The Balaban J connectivity index is 2.70. The maximum atomic E-state index is 5.38. The van der Waals surface area contributed by atoms with Gasteiger partial charge in [0.25, 0.3) is 0 Å². The fourth-order valence-corrected chi connectivity index (χ4v) is 1.64. The molecule has 0 aliphatic carbocycles. The van der Waals surface area contributed by atoms with Crippen LogP contribution in [0.25, 0.3) is 0 Å². The zero-order chi connectivity index (χ0) is 7.40. The Morgan fingerprint density at radius 1 is 1.50 bits per heavy atom. The molecule has 0 fully saturated rings. The molecule has 1 nitrogen and oxygen atoms in total. The van der Waals surface area contributed by atoms with E-state index < -0.39 is 0 Å².